The monoisotopic (exact) mass is 261 g/mol. The number of hydrogen-bond donors (Lipinski definition) is 2. The van der Waals surface area contributed by atoms with E-state index in [4.69, 9.17) is 14.9 Å². The van der Waals surface area contributed by atoms with Gasteiger partial charge in [-0.3, -0.25) is 10.7 Å². The number of nitrogens with one attached hydrogen (secondary N) is 2. The Hall–Kier alpha value is -2.24. The lowest BCUT2D eigenvalue weighted by atomic mass is 10.1. The van der Waals surface area contributed by atoms with Gasteiger partial charge < -0.3 is 14.4 Å². The second-order valence-corrected chi connectivity index (χ2v) is 4.61. The third-order valence-corrected chi connectivity index (χ3v) is 3.31. The molecule has 1 fully saturated rings. The van der Waals surface area contributed by atoms with Gasteiger partial charge >= 0.3 is 6.03 Å². The molecule has 0 aromatic heterocycles. The molecule has 0 spiro atoms. The zero-order chi connectivity index (χ0) is 13.4. The number of amidine groups is 1. The van der Waals surface area contributed by atoms with Crippen LogP contribution in [0.2, 0.25) is 0 Å². The van der Waals surface area contributed by atoms with Crippen LogP contribution in [-0.2, 0) is 0 Å². The number of benzene rings is 1. The summed E-state index contributed by atoms with van der Waals surface area (Å²) in [4.78, 5) is 13.0. The van der Waals surface area contributed by atoms with Crippen LogP contribution in [0.25, 0.3) is 0 Å². The molecule has 6 nitrogen and oxygen atoms in total. The molecule has 0 saturated carbocycles. The van der Waals surface area contributed by atoms with Gasteiger partial charge in [0.1, 0.15) is 11.9 Å². The fraction of sp³-hybridized carbons (Fsp3) is 0.385. The second-order valence-electron chi connectivity index (χ2n) is 4.61. The zero-order valence-corrected chi connectivity index (χ0v) is 10.6. The van der Waals surface area contributed by atoms with Crippen molar-refractivity contribution in [2.45, 2.75) is 12.5 Å². The van der Waals surface area contributed by atoms with Crippen LogP contribution in [-0.4, -0.2) is 37.0 Å². The first kappa shape index (κ1) is 11.8. The van der Waals surface area contributed by atoms with E-state index in [0.29, 0.717) is 24.7 Å². The summed E-state index contributed by atoms with van der Waals surface area (Å²) < 4.78 is 11.2. The average molecular weight is 261 g/mol. The maximum atomic E-state index is 11.5. The molecule has 2 aliphatic heterocycles. The van der Waals surface area contributed by atoms with Gasteiger partial charge in [0.05, 0.1) is 13.2 Å². The SMILES string of the molecule is CN1C(=O)NC(=N)C1c1ccc2c(c1)OCCCO2. The van der Waals surface area contributed by atoms with E-state index < -0.39 is 0 Å². The Bertz CT molecular complexity index is 544. The van der Waals surface area contributed by atoms with Crippen LogP contribution in [0.3, 0.4) is 0 Å². The number of carbonyl (C=O) groups excluding carboxylic acids is 1. The molecule has 2 N–H and O–H groups in total. The summed E-state index contributed by atoms with van der Waals surface area (Å²) in [6, 6.07) is 4.90. The number of hydrogen-bond acceptors (Lipinski definition) is 4. The van der Waals surface area contributed by atoms with E-state index in [1.807, 2.05) is 18.2 Å². The molecule has 0 bridgehead atoms. The first-order valence-corrected chi connectivity index (χ1v) is 6.18. The Morgan fingerprint density at radius 2 is 2.05 bits per heavy atom. The van der Waals surface area contributed by atoms with Gasteiger partial charge in [-0.15, -0.1) is 0 Å². The molecule has 2 amide bonds. The van der Waals surface area contributed by atoms with Crippen molar-refractivity contribution in [3.63, 3.8) is 0 Å². The Balaban J connectivity index is 1.96. The number of fused-ring (bicyclic) bond motifs is 1. The predicted octanol–water partition coefficient (Wildman–Crippen LogP) is 1.52. The van der Waals surface area contributed by atoms with Crippen molar-refractivity contribution >= 4 is 11.9 Å². The van der Waals surface area contributed by atoms with Crippen LogP contribution < -0.4 is 14.8 Å². The van der Waals surface area contributed by atoms with Crippen molar-refractivity contribution in [3.05, 3.63) is 23.8 Å². The van der Waals surface area contributed by atoms with E-state index in [1.165, 1.54) is 4.90 Å². The first-order chi connectivity index (χ1) is 9.16. The number of rotatable bonds is 1. The van der Waals surface area contributed by atoms with Gasteiger partial charge in [0.25, 0.3) is 0 Å². The summed E-state index contributed by atoms with van der Waals surface area (Å²) in [6.07, 6.45) is 0.850. The van der Waals surface area contributed by atoms with Gasteiger partial charge in [-0.2, -0.15) is 0 Å². The minimum Gasteiger partial charge on any atom is -0.490 e. The molecule has 1 aromatic rings. The predicted molar refractivity (Wildman–Crippen MR) is 68.8 cm³/mol. The van der Waals surface area contributed by atoms with Crippen molar-refractivity contribution in [2.24, 2.45) is 0 Å². The lowest BCUT2D eigenvalue weighted by Gasteiger charge is -2.19. The van der Waals surface area contributed by atoms with Crippen LogP contribution in [0.1, 0.15) is 18.0 Å². The molecule has 100 valence electrons. The highest BCUT2D eigenvalue weighted by atomic mass is 16.5. The number of urea groups is 1. The molecule has 1 aromatic carbocycles. The Kier molecular flexibility index (Phi) is 2.77. The summed E-state index contributed by atoms with van der Waals surface area (Å²) in [5, 5.41) is 10.3. The third-order valence-electron chi connectivity index (χ3n) is 3.31. The maximum Gasteiger partial charge on any atom is 0.323 e. The molecule has 1 unspecified atom stereocenters. The minimum atomic E-state index is -0.385. The fourth-order valence-corrected chi connectivity index (χ4v) is 2.32. The molecule has 1 atom stereocenters. The maximum absolute atomic E-state index is 11.5. The molecule has 2 heterocycles. The highest BCUT2D eigenvalue weighted by Gasteiger charge is 2.34. The third kappa shape index (κ3) is 1.99. The van der Waals surface area contributed by atoms with Crippen LogP contribution in [0.5, 0.6) is 11.5 Å². The van der Waals surface area contributed by atoms with Crippen molar-refractivity contribution in [2.75, 3.05) is 20.3 Å². The number of nitrogens with zero attached hydrogens (tertiary/aromatic N) is 1. The summed E-state index contributed by atoms with van der Waals surface area (Å²) >= 11 is 0. The molecule has 0 aliphatic carbocycles. The lowest BCUT2D eigenvalue weighted by molar-refractivity contribution is 0.217. The second kappa shape index (κ2) is 4.46. The van der Waals surface area contributed by atoms with Crippen LogP contribution >= 0.6 is 0 Å². The van der Waals surface area contributed by atoms with Gasteiger partial charge in [0.15, 0.2) is 11.5 Å². The Morgan fingerprint density at radius 1 is 1.32 bits per heavy atom. The number of ether oxygens (including phenoxy) is 2. The van der Waals surface area contributed by atoms with E-state index in [0.717, 1.165) is 12.0 Å². The topological polar surface area (TPSA) is 74.7 Å². The summed E-state index contributed by atoms with van der Waals surface area (Å²) in [7, 11) is 1.67. The molecule has 3 rings (SSSR count). The largest absolute Gasteiger partial charge is 0.490 e. The van der Waals surface area contributed by atoms with Crippen molar-refractivity contribution in [3.8, 4) is 11.5 Å². The normalized spacial score (nSPS) is 22.2. The number of amides is 2. The van der Waals surface area contributed by atoms with Crippen molar-refractivity contribution in [1.29, 1.82) is 5.41 Å². The Labute approximate surface area is 110 Å². The van der Waals surface area contributed by atoms with Gasteiger partial charge in [-0.25, -0.2) is 4.79 Å². The van der Waals surface area contributed by atoms with E-state index >= 15 is 0 Å². The number of carbonyl (C=O) groups is 1. The van der Waals surface area contributed by atoms with Crippen LogP contribution in [0, 0.1) is 5.41 Å². The van der Waals surface area contributed by atoms with Gasteiger partial charge in [0.2, 0.25) is 0 Å². The quantitative estimate of drug-likeness (QED) is 0.805. The molecular formula is C13H15N3O3. The van der Waals surface area contributed by atoms with Gasteiger partial charge in [-0.1, -0.05) is 6.07 Å². The van der Waals surface area contributed by atoms with E-state index in [-0.39, 0.29) is 17.9 Å². The highest BCUT2D eigenvalue weighted by Crippen LogP contribution is 2.34. The molecule has 0 radical (unpaired) electrons. The van der Waals surface area contributed by atoms with E-state index in [9.17, 15) is 4.79 Å². The molecule has 1 saturated heterocycles. The summed E-state index contributed by atoms with van der Waals surface area (Å²) in [5.74, 6) is 1.57. The highest BCUT2D eigenvalue weighted by molar-refractivity contribution is 6.05. The summed E-state index contributed by atoms with van der Waals surface area (Å²) in [6.45, 7) is 1.26. The van der Waals surface area contributed by atoms with Crippen molar-refractivity contribution in [1.82, 2.24) is 10.2 Å². The van der Waals surface area contributed by atoms with E-state index in [1.54, 1.807) is 7.05 Å². The summed E-state index contributed by atoms with van der Waals surface area (Å²) in [5.41, 5.74) is 0.843. The molecular weight excluding hydrogens is 246 g/mol. The van der Waals surface area contributed by atoms with Crippen LogP contribution in [0.15, 0.2) is 18.2 Å². The molecule has 6 heteroatoms. The minimum absolute atomic E-state index is 0.182. The lowest BCUT2D eigenvalue weighted by Crippen LogP contribution is -2.25. The van der Waals surface area contributed by atoms with Gasteiger partial charge in [0, 0.05) is 13.5 Å². The smallest absolute Gasteiger partial charge is 0.323 e. The van der Waals surface area contributed by atoms with Crippen LogP contribution in [0.4, 0.5) is 4.79 Å². The standard InChI is InChI=1S/C13H15N3O3/c1-16-11(12(14)15-13(16)17)8-3-4-9-10(7-8)19-6-2-5-18-9/h3-4,7,11H,2,5-6H2,1H3,(H2,14,15,17). The average Bonchev–Trinajstić information content (AvgIpc) is 2.59. The Morgan fingerprint density at radius 3 is 2.74 bits per heavy atom. The molecule has 2 aliphatic rings. The fourth-order valence-electron chi connectivity index (χ4n) is 2.32. The van der Waals surface area contributed by atoms with E-state index in [2.05, 4.69) is 5.32 Å². The number of likely N-dealkylation sites (N-methyl/N-ethyl adjacent to an activating group) is 1. The first-order valence-electron chi connectivity index (χ1n) is 6.18. The van der Waals surface area contributed by atoms with Gasteiger partial charge in [-0.05, 0) is 17.7 Å². The molecule has 19 heavy (non-hydrogen) atoms. The van der Waals surface area contributed by atoms with Crippen molar-refractivity contribution < 1.29 is 14.3 Å². The zero-order valence-electron chi connectivity index (χ0n) is 10.6.